The van der Waals surface area contributed by atoms with E-state index in [4.69, 9.17) is 5.11 Å². The minimum atomic E-state index is 0.0906. The maximum atomic E-state index is 8.77. The summed E-state index contributed by atoms with van der Waals surface area (Å²) >= 11 is 1.62. The Kier molecular flexibility index (Phi) is 10.5. The summed E-state index contributed by atoms with van der Waals surface area (Å²) in [5, 5.41) is 18.1. The molecule has 144 valence electrons. The minimum absolute atomic E-state index is 0.0906. The predicted octanol–water partition coefficient (Wildman–Crippen LogP) is 6.35. The van der Waals surface area contributed by atoms with Crippen LogP contribution >= 0.6 is 11.3 Å². The summed E-state index contributed by atoms with van der Waals surface area (Å²) < 4.78 is 0. The van der Waals surface area contributed by atoms with Crippen molar-refractivity contribution < 1.29 is 5.11 Å². The third kappa shape index (κ3) is 9.03. The molecule has 0 saturated carbocycles. The third-order valence-corrected chi connectivity index (χ3v) is 4.01. The van der Waals surface area contributed by atoms with Gasteiger partial charge in [0.15, 0.2) is 5.13 Å². The lowest BCUT2D eigenvalue weighted by Crippen LogP contribution is -1.93. The molecule has 0 saturated heterocycles. The molecule has 0 aliphatic carbocycles. The van der Waals surface area contributed by atoms with Gasteiger partial charge in [0.1, 0.15) is 0 Å². The molecular formula is C22H29N3OS. The minimum Gasteiger partial charge on any atom is -0.392 e. The van der Waals surface area contributed by atoms with Crippen molar-refractivity contribution in [3.63, 3.8) is 0 Å². The number of aliphatic hydroxyl groups excluding tert-OH is 1. The predicted molar refractivity (Wildman–Crippen MR) is 119 cm³/mol. The SMILES string of the molecule is C=C(C)Nc1ccc(CO)cc1.CC.Cc1csc(Nc2ccccc2)n1. The largest absolute Gasteiger partial charge is 0.392 e. The van der Waals surface area contributed by atoms with Crippen LogP contribution in [0.15, 0.2) is 72.3 Å². The van der Waals surface area contributed by atoms with Crippen molar-refractivity contribution in [1.82, 2.24) is 4.98 Å². The van der Waals surface area contributed by atoms with Gasteiger partial charge in [0.25, 0.3) is 0 Å². The highest BCUT2D eigenvalue weighted by atomic mass is 32.1. The van der Waals surface area contributed by atoms with E-state index in [2.05, 4.69) is 22.2 Å². The number of thiazole rings is 1. The molecule has 4 nitrogen and oxygen atoms in total. The average Bonchev–Trinajstić information content (AvgIpc) is 3.09. The zero-order valence-electron chi connectivity index (χ0n) is 16.5. The summed E-state index contributed by atoms with van der Waals surface area (Å²) in [6.45, 7) is 11.7. The first kappa shape index (κ1) is 22.4. The van der Waals surface area contributed by atoms with E-state index in [-0.39, 0.29) is 6.61 Å². The summed E-state index contributed by atoms with van der Waals surface area (Å²) in [6.07, 6.45) is 0. The fraction of sp³-hybridized carbons (Fsp3) is 0.227. The molecule has 3 rings (SSSR count). The smallest absolute Gasteiger partial charge is 0.187 e. The highest BCUT2D eigenvalue weighted by molar-refractivity contribution is 7.13. The maximum absolute atomic E-state index is 8.77. The highest BCUT2D eigenvalue weighted by Gasteiger charge is 1.97. The summed E-state index contributed by atoms with van der Waals surface area (Å²) in [5.74, 6) is 0. The van der Waals surface area contributed by atoms with Crippen molar-refractivity contribution in [1.29, 1.82) is 0 Å². The van der Waals surface area contributed by atoms with Crippen LogP contribution in [0.2, 0.25) is 0 Å². The Bertz CT molecular complexity index is 783. The van der Waals surface area contributed by atoms with Gasteiger partial charge in [-0.3, -0.25) is 0 Å². The number of allylic oxidation sites excluding steroid dienone is 1. The van der Waals surface area contributed by atoms with E-state index in [1.807, 2.05) is 87.7 Å². The number of benzene rings is 2. The van der Waals surface area contributed by atoms with E-state index < -0.39 is 0 Å². The molecule has 1 heterocycles. The summed E-state index contributed by atoms with van der Waals surface area (Å²) in [5.41, 5.74) is 4.97. The molecule has 0 fully saturated rings. The number of anilines is 3. The van der Waals surface area contributed by atoms with Crippen LogP contribution in [0.4, 0.5) is 16.5 Å². The maximum Gasteiger partial charge on any atom is 0.187 e. The first-order valence-corrected chi connectivity index (χ1v) is 9.81. The van der Waals surface area contributed by atoms with Gasteiger partial charge in [-0.15, -0.1) is 11.3 Å². The van der Waals surface area contributed by atoms with Crippen molar-refractivity contribution in [2.75, 3.05) is 10.6 Å². The number of hydrogen-bond acceptors (Lipinski definition) is 5. The van der Waals surface area contributed by atoms with Gasteiger partial charge in [-0.2, -0.15) is 0 Å². The first-order chi connectivity index (χ1) is 13.1. The van der Waals surface area contributed by atoms with Gasteiger partial charge < -0.3 is 15.7 Å². The lowest BCUT2D eigenvalue weighted by molar-refractivity contribution is 0.282. The van der Waals surface area contributed by atoms with Crippen LogP contribution in [0, 0.1) is 6.92 Å². The molecule has 0 amide bonds. The van der Waals surface area contributed by atoms with Crippen LogP contribution in [0.25, 0.3) is 0 Å². The zero-order chi connectivity index (χ0) is 20.1. The number of aryl methyl sites for hydroxylation is 1. The van der Waals surface area contributed by atoms with E-state index in [1.54, 1.807) is 11.3 Å². The number of hydrogen-bond donors (Lipinski definition) is 3. The Morgan fingerprint density at radius 3 is 2.15 bits per heavy atom. The van der Waals surface area contributed by atoms with E-state index in [1.165, 1.54) is 0 Å². The summed E-state index contributed by atoms with van der Waals surface area (Å²) in [4.78, 5) is 4.31. The van der Waals surface area contributed by atoms with Crippen molar-refractivity contribution >= 4 is 27.8 Å². The average molecular weight is 384 g/mol. The number of aliphatic hydroxyl groups is 1. The fourth-order valence-electron chi connectivity index (χ4n) is 2.00. The molecule has 0 unspecified atom stereocenters. The topological polar surface area (TPSA) is 57.2 Å². The summed E-state index contributed by atoms with van der Waals surface area (Å²) in [7, 11) is 0. The van der Waals surface area contributed by atoms with Gasteiger partial charge in [0, 0.05) is 22.5 Å². The number of rotatable bonds is 5. The number of para-hydroxylation sites is 1. The molecule has 3 aromatic rings. The van der Waals surface area contributed by atoms with Gasteiger partial charge in [0.05, 0.1) is 12.3 Å². The lowest BCUT2D eigenvalue weighted by atomic mass is 10.2. The Hall–Kier alpha value is -2.63. The molecule has 5 heteroatoms. The molecule has 0 bridgehead atoms. The zero-order valence-corrected chi connectivity index (χ0v) is 17.3. The Balaban J connectivity index is 0.000000248. The van der Waals surface area contributed by atoms with Gasteiger partial charge in [0.2, 0.25) is 0 Å². The van der Waals surface area contributed by atoms with E-state index in [9.17, 15) is 0 Å². The molecule has 0 radical (unpaired) electrons. The van der Waals surface area contributed by atoms with Gasteiger partial charge in [-0.05, 0) is 43.7 Å². The molecular weight excluding hydrogens is 354 g/mol. The molecule has 2 aromatic carbocycles. The molecule has 27 heavy (non-hydrogen) atoms. The van der Waals surface area contributed by atoms with Crippen LogP contribution in [0.1, 0.15) is 32.0 Å². The third-order valence-electron chi connectivity index (χ3n) is 3.14. The number of nitrogens with zero attached hydrogens (tertiary/aromatic N) is 1. The molecule has 0 aliphatic rings. The van der Waals surface area contributed by atoms with Crippen LogP contribution in [-0.4, -0.2) is 10.1 Å². The van der Waals surface area contributed by atoms with Crippen molar-refractivity contribution in [2.45, 2.75) is 34.3 Å². The van der Waals surface area contributed by atoms with E-state index in [0.717, 1.165) is 33.5 Å². The standard InChI is InChI=1S/C10H10N2S.C10H13NO.C2H6/c1-8-7-13-10(11-8)12-9-5-3-2-4-6-9;1-8(2)11-10-5-3-9(7-12)4-6-10;1-2/h2-7H,1H3,(H,11,12);3-6,11-12H,1,7H2,2H3;1-2H3. The Labute approximate surface area is 166 Å². The fourth-order valence-corrected chi connectivity index (χ4v) is 2.70. The van der Waals surface area contributed by atoms with Crippen molar-refractivity contribution in [2.24, 2.45) is 0 Å². The van der Waals surface area contributed by atoms with Crippen molar-refractivity contribution in [3.05, 3.63) is 83.5 Å². The molecule has 1 aromatic heterocycles. The van der Waals surface area contributed by atoms with Crippen LogP contribution in [0.5, 0.6) is 0 Å². The van der Waals surface area contributed by atoms with Crippen LogP contribution in [-0.2, 0) is 6.61 Å². The second-order valence-corrected chi connectivity index (χ2v) is 6.40. The second kappa shape index (κ2) is 12.7. The summed E-state index contributed by atoms with van der Waals surface area (Å²) in [6, 6.07) is 17.6. The molecule has 0 aliphatic heterocycles. The quantitative estimate of drug-likeness (QED) is 0.481. The van der Waals surface area contributed by atoms with Gasteiger partial charge in [-0.25, -0.2) is 4.98 Å². The van der Waals surface area contributed by atoms with E-state index >= 15 is 0 Å². The molecule has 0 atom stereocenters. The van der Waals surface area contributed by atoms with Crippen molar-refractivity contribution in [3.8, 4) is 0 Å². The van der Waals surface area contributed by atoms with Gasteiger partial charge >= 0.3 is 0 Å². The molecule has 0 spiro atoms. The number of nitrogens with one attached hydrogen (secondary N) is 2. The Morgan fingerprint density at radius 1 is 1.04 bits per heavy atom. The van der Waals surface area contributed by atoms with Crippen LogP contribution < -0.4 is 10.6 Å². The molecule has 3 N–H and O–H groups in total. The number of aromatic nitrogens is 1. The Morgan fingerprint density at radius 2 is 1.67 bits per heavy atom. The normalized spacial score (nSPS) is 9.22. The van der Waals surface area contributed by atoms with E-state index in [0.29, 0.717) is 0 Å². The van der Waals surface area contributed by atoms with Gasteiger partial charge in [-0.1, -0.05) is 50.8 Å². The second-order valence-electron chi connectivity index (χ2n) is 5.55. The lowest BCUT2D eigenvalue weighted by Gasteiger charge is -2.04. The first-order valence-electron chi connectivity index (χ1n) is 8.93. The monoisotopic (exact) mass is 383 g/mol. The highest BCUT2D eigenvalue weighted by Crippen LogP contribution is 2.19. The van der Waals surface area contributed by atoms with Crippen LogP contribution in [0.3, 0.4) is 0 Å².